The van der Waals surface area contributed by atoms with Crippen LogP contribution in [-0.4, -0.2) is 51.3 Å². The summed E-state index contributed by atoms with van der Waals surface area (Å²) in [6, 6.07) is 22.4. The fraction of sp³-hybridized carbons (Fsp3) is 0.306. The molecule has 7 rings (SSSR count). The topological polar surface area (TPSA) is 132 Å². The van der Waals surface area contributed by atoms with Gasteiger partial charge in [0.1, 0.15) is 5.75 Å². The highest BCUT2D eigenvalue weighted by Gasteiger charge is 2.70. The van der Waals surface area contributed by atoms with Crippen LogP contribution in [0.25, 0.3) is 0 Å². The number of halogens is 1. The van der Waals surface area contributed by atoms with Gasteiger partial charge in [0.05, 0.1) is 28.9 Å². The van der Waals surface area contributed by atoms with Gasteiger partial charge in [-0.25, -0.2) is 4.90 Å². The lowest BCUT2D eigenvalue weighted by molar-refractivity contribution is -0.142. The lowest BCUT2D eigenvalue weighted by Crippen LogP contribution is -2.53. The van der Waals surface area contributed by atoms with E-state index in [2.05, 4.69) is 0 Å². The van der Waals surface area contributed by atoms with Gasteiger partial charge >= 0.3 is 5.97 Å². The summed E-state index contributed by atoms with van der Waals surface area (Å²) in [4.78, 5) is 70.8. The molecule has 2 heterocycles. The molecule has 0 aromatic heterocycles. The quantitative estimate of drug-likeness (QED) is 0.273. The molecule has 2 aliphatic heterocycles. The number of carboxylic acid groups (broad SMARTS) is 1. The summed E-state index contributed by atoms with van der Waals surface area (Å²) < 4.78 is 0. The Morgan fingerprint density at radius 2 is 1.63 bits per heavy atom. The Morgan fingerprint density at radius 1 is 0.891 bits per heavy atom. The average Bonchev–Trinajstić information content (AvgIpc) is 3.42. The number of likely N-dealkylation sites (tertiary alicyclic amines) is 1. The van der Waals surface area contributed by atoms with Crippen molar-refractivity contribution in [3.05, 3.63) is 107 Å². The third-order valence-electron chi connectivity index (χ3n) is 10.3. The smallest absolute Gasteiger partial charge is 0.303 e. The average molecular weight is 639 g/mol. The number of allylic oxidation sites excluding steroid dienone is 2. The predicted octanol–water partition coefficient (Wildman–Crippen LogP) is 5.07. The third-order valence-corrected chi connectivity index (χ3v) is 10.5. The standard InChI is InChI=1S/C36H31ClN2O7/c37-22-8-4-9-23(18-22)39-33(44)28-19-27-25(15-16-26-30(27)34(45)38(32(26)43)17-5-10-29(41)42)31(20-11-13-24(40)14-12-20)36(28,35(39)46)21-6-2-1-3-7-21/h1-4,6-9,11-15,18,26-28,30-31,40H,5,10,16-17,19H2,(H,41,42). The van der Waals surface area contributed by atoms with Crippen molar-refractivity contribution in [3.8, 4) is 5.75 Å². The molecule has 3 aromatic rings. The molecule has 0 bridgehead atoms. The molecule has 46 heavy (non-hydrogen) atoms. The molecule has 2 N–H and O–H groups in total. The Kier molecular flexibility index (Phi) is 7.31. The van der Waals surface area contributed by atoms with Crippen LogP contribution in [0.3, 0.4) is 0 Å². The summed E-state index contributed by atoms with van der Waals surface area (Å²) in [6.07, 6.45) is 2.39. The monoisotopic (exact) mass is 638 g/mol. The minimum atomic E-state index is -1.39. The highest BCUT2D eigenvalue weighted by Crippen LogP contribution is 2.64. The molecule has 4 aliphatic rings. The van der Waals surface area contributed by atoms with E-state index in [4.69, 9.17) is 16.7 Å². The Labute approximate surface area is 270 Å². The molecule has 6 atom stereocenters. The van der Waals surface area contributed by atoms with Crippen molar-refractivity contribution >= 4 is 46.9 Å². The number of benzene rings is 3. The largest absolute Gasteiger partial charge is 0.508 e. The van der Waals surface area contributed by atoms with Gasteiger partial charge in [-0.3, -0.25) is 28.9 Å². The van der Waals surface area contributed by atoms with Gasteiger partial charge < -0.3 is 10.2 Å². The molecule has 0 spiro atoms. The first-order chi connectivity index (χ1) is 22.1. The molecule has 234 valence electrons. The predicted molar refractivity (Wildman–Crippen MR) is 168 cm³/mol. The second-order valence-electron chi connectivity index (χ2n) is 12.5. The minimum absolute atomic E-state index is 0.0117. The van der Waals surface area contributed by atoms with Crippen LogP contribution in [0.15, 0.2) is 90.5 Å². The van der Waals surface area contributed by atoms with Crippen LogP contribution in [0.4, 0.5) is 5.69 Å². The fourth-order valence-corrected chi connectivity index (χ4v) is 8.64. The van der Waals surface area contributed by atoms with Gasteiger partial charge in [0.15, 0.2) is 0 Å². The number of amides is 4. The van der Waals surface area contributed by atoms with Crippen LogP contribution in [0.2, 0.25) is 5.02 Å². The van der Waals surface area contributed by atoms with Gasteiger partial charge in [-0.2, -0.15) is 0 Å². The van der Waals surface area contributed by atoms with E-state index >= 15 is 4.79 Å². The van der Waals surface area contributed by atoms with Crippen LogP contribution in [0.1, 0.15) is 42.7 Å². The molecule has 2 aliphatic carbocycles. The highest BCUT2D eigenvalue weighted by molar-refractivity contribution is 6.32. The van der Waals surface area contributed by atoms with Gasteiger partial charge in [-0.1, -0.05) is 71.8 Å². The van der Waals surface area contributed by atoms with E-state index in [0.717, 1.165) is 5.57 Å². The van der Waals surface area contributed by atoms with Crippen molar-refractivity contribution in [2.45, 2.75) is 37.0 Å². The summed E-state index contributed by atoms with van der Waals surface area (Å²) in [6.45, 7) is 0.0117. The summed E-state index contributed by atoms with van der Waals surface area (Å²) in [5, 5.41) is 19.7. The van der Waals surface area contributed by atoms with Crippen molar-refractivity contribution in [2.75, 3.05) is 11.4 Å². The van der Waals surface area contributed by atoms with Gasteiger partial charge in [0, 0.05) is 23.9 Å². The van der Waals surface area contributed by atoms with E-state index in [1.807, 2.05) is 36.4 Å². The highest BCUT2D eigenvalue weighted by atomic mass is 35.5. The number of phenols is 1. The maximum Gasteiger partial charge on any atom is 0.303 e. The maximum absolute atomic E-state index is 15.1. The number of imide groups is 2. The van der Waals surface area contributed by atoms with Gasteiger partial charge in [0.2, 0.25) is 23.6 Å². The van der Waals surface area contributed by atoms with Crippen LogP contribution >= 0.6 is 11.6 Å². The second kappa shape index (κ2) is 11.2. The maximum atomic E-state index is 15.1. The molecule has 3 fully saturated rings. The van der Waals surface area contributed by atoms with E-state index < -0.39 is 52.8 Å². The zero-order valence-corrected chi connectivity index (χ0v) is 25.5. The number of nitrogens with zero attached hydrogens (tertiary/aromatic N) is 2. The van der Waals surface area contributed by atoms with Crippen molar-refractivity contribution in [1.29, 1.82) is 0 Å². The number of anilines is 1. The molecule has 3 aromatic carbocycles. The van der Waals surface area contributed by atoms with Crippen molar-refractivity contribution in [3.63, 3.8) is 0 Å². The lowest BCUT2D eigenvalue weighted by atomic mass is 9.49. The number of phenolic OH excluding ortho intramolecular Hbond substituents is 1. The van der Waals surface area contributed by atoms with E-state index in [1.165, 1.54) is 9.80 Å². The molecular formula is C36H31ClN2O7. The molecular weight excluding hydrogens is 608 g/mol. The molecule has 4 amide bonds. The molecule has 1 saturated carbocycles. The summed E-state index contributed by atoms with van der Waals surface area (Å²) in [5.41, 5.74) is 1.13. The van der Waals surface area contributed by atoms with Gasteiger partial charge in [-0.15, -0.1) is 0 Å². The Hall–Kier alpha value is -4.76. The van der Waals surface area contributed by atoms with Crippen LogP contribution in [0.5, 0.6) is 5.75 Å². The summed E-state index contributed by atoms with van der Waals surface area (Å²) >= 11 is 6.33. The number of carbonyl (C=O) groups excluding carboxylic acids is 4. The second-order valence-corrected chi connectivity index (χ2v) is 12.9. The molecule has 6 unspecified atom stereocenters. The van der Waals surface area contributed by atoms with E-state index in [1.54, 1.807) is 48.5 Å². The van der Waals surface area contributed by atoms with Crippen LogP contribution in [0, 0.1) is 23.7 Å². The number of carboxylic acids is 1. The molecule has 10 heteroatoms. The Bertz CT molecular complexity index is 1810. The number of hydrogen-bond donors (Lipinski definition) is 2. The van der Waals surface area contributed by atoms with Crippen molar-refractivity contribution < 1.29 is 34.2 Å². The zero-order chi connectivity index (χ0) is 32.3. The summed E-state index contributed by atoms with van der Waals surface area (Å²) in [5.74, 6) is -5.93. The first-order valence-corrected chi connectivity index (χ1v) is 15.8. The van der Waals surface area contributed by atoms with E-state index in [0.29, 0.717) is 21.8 Å². The van der Waals surface area contributed by atoms with E-state index in [-0.39, 0.29) is 49.8 Å². The number of hydrogen-bond acceptors (Lipinski definition) is 6. The zero-order valence-electron chi connectivity index (χ0n) is 24.7. The number of aromatic hydroxyl groups is 1. The number of carbonyl (C=O) groups is 5. The van der Waals surface area contributed by atoms with Crippen molar-refractivity contribution in [2.24, 2.45) is 23.7 Å². The number of rotatable bonds is 7. The first kappa shape index (κ1) is 29.9. The number of aliphatic carboxylic acids is 1. The minimum Gasteiger partial charge on any atom is -0.508 e. The van der Waals surface area contributed by atoms with Crippen molar-refractivity contribution in [1.82, 2.24) is 4.90 Å². The van der Waals surface area contributed by atoms with E-state index in [9.17, 15) is 24.3 Å². The van der Waals surface area contributed by atoms with Crippen LogP contribution < -0.4 is 4.90 Å². The SMILES string of the molecule is O=C(O)CCCN1C(=O)C2CC=C3C(CC4C(=O)N(c5cccc(Cl)c5)C(=O)C4(c4ccccc4)C3c3ccc(O)cc3)C2C1=O. The third kappa shape index (κ3) is 4.40. The normalized spacial score (nSPS) is 28.5. The molecule has 2 saturated heterocycles. The Morgan fingerprint density at radius 3 is 2.33 bits per heavy atom. The fourth-order valence-electron chi connectivity index (χ4n) is 8.46. The lowest BCUT2D eigenvalue weighted by Gasteiger charge is -2.50. The Balaban J connectivity index is 1.41. The van der Waals surface area contributed by atoms with Gasteiger partial charge in [-0.05, 0) is 66.6 Å². The number of fused-ring (bicyclic) bond motifs is 4. The molecule has 0 radical (unpaired) electrons. The first-order valence-electron chi connectivity index (χ1n) is 15.4. The molecule has 9 nitrogen and oxygen atoms in total. The van der Waals surface area contributed by atoms with Gasteiger partial charge in [0.25, 0.3) is 0 Å². The van der Waals surface area contributed by atoms with Crippen LogP contribution in [-0.2, 0) is 29.4 Å². The summed E-state index contributed by atoms with van der Waals surface area (Å²) in [7, 11) is 0.